The second-order valence-electron chi connectivity index (χ2n) is 5.64. The summed E-state index contributed by atoms with van der Waals surface area (Å²) in [6, 6.07) is 3.32. The van der Waals surface area contributed by atoms with Crippen LogP contribution in [0.25, 0.3) is 0 Å². The van der Waals surface area contributed by atoms with E-state index in [0.717, 1.165) is 23.3 Å². The summed E-state index contributed by atoms with van der Waals surface area (Å²) in [5.41, 5.74) is -0.593. The third-order valence-electron chi connectivity index (χ3n) is 4.27. The number of halogens is 1. The van der Waals surface area contributed by atoms with Crippen molar-refractivity contribution in [3.63, 3.8) is 0 Å². The summed E-state index contributed by atoms with van der Waals surface area (Å²) in [5, 5.41) is 2.20. The molecule has 2 fully saturated rings. The molecule has 0 aromatic heterocycles. The Labute approximate surface area is 121 Å². The Morgan fingerprint density at radius 1 is 1.19 bits per heavy atom. The van der Waals surface area contributed by atoms with Crippen molar-refractivity contribution < 1.29 is 18.8 Å². The Balaban J connectivity index is 2.09. The maximum atomic E-state index is 14.0. The molecule has 0 bridgehead atoms. The minimum Gasteiger partial charge on any atom is -0.276 e. The number of nitrogens with one attached hydrogen (secondary N) is 1. The Morgan fingerprint density at radius 2 is 1.86 bits per heavy atom. The Kier molecular flexibility index (Phi) is 3.04. The van der Waals surface area contributed by atoms with Crippen LogP contribution in [0.4, 0.5) is 14.9 Å². The third kappa shape index (κ3) is 1.93. The summed E-state index contributed by atoms with van der Waals surface area (Å²) in [6.45, 7) is 1.74. The number of benzene rings is 1. The first-order valence-corrected chi connectivity index (χ1v) is 6.92. The van der Waals surface area contributed by atoms with Gasteiger partial charge in [-0.25, -0.2) is 14.1 Å². The lowest BCUT2D eigenvalue weighted by Gasteiger charge is -2.36. The number of hydrogen-bond acceptors (Lipinski definition) is 3. The first-order valence-electron chi connectivity index (χ1n) is 6.92. The molecule has 1 saturated carbocycles. The fourth-order valence-corrected chi connectivity index (χ4v) is 3.11. The maximum Gasteiger partial charge on any atom is 0.335 e. The molecule has 1 spiro atoms. The molecule has 2 aliphatic rings. The highest BCUT2D eigenvalue weighted by atomic mass is 19.1. The van der Waals surface area contributed by atoms with Crippen molar-refractivity contribution in [3.05, 3.63) is 29.6 Å². The molecule has 1 aliphatic heterocycles. The smallest absolute Gasteiger partial charge is 0.276 e. The van der Waals surface area contributed by atoms with Crippen molar-refractivity contribution in [1.82, 2.24) is 5.32 Å². The number of imide groups is 2. The molecule has 1 aromatic carbocycles. The van der Waals surface area contributed by atoms with E-state index < -0.39 is 29.1 Å². The number of rotatable bonds is 1. The second kappa shape index (κ2) is 4.65. The van der Waals surface area contributed by atoms with Gasteiger partial charge in [-0.1, -0.05) is 18.9 Å². The van der Waals surface area contributed by atoms with Gasteiger partial charge in [0.2, 0.25) is 5.91 Å². The normalized spacial score (nSPS) is 21.0. The predicted molar refractivity (Wildman–Crippen MR) is 73.1 cm³/mol. The zero-order valence-corrected chi connectivity index (χ0v) is 11.6. The number of hydrogen-bond donors (Lipinski definition) is 1. The quantitative estimate of drug-likeness (QED) is 0.807. The van der Waals surface area contributed by atoms with Crippen LogP contribution in [0.15, 0.2) is 18.2 Å². The number of aryl methyl sites for hydroxylation is 1. The van der Waals surface area contributed by atoms with Gasteiger partial charge < -0.3 is 0 Å². The van der Waals surface area contributed by atoms with E-state index in [1.807, 2.05) is 0 Å². The SMILES string of the molecule is Cc1ccc(F)c(N2C(=O)NC(=O)C3(CCCC3)C2=O)c1. The van der Waals surface area contributed by atoms with Crippen molar-refractivity contribution in [2.24, 2.45) is 5.41 Å². The minimum atomic E-state index is -1.22. The highest BCUT2D eigenvalue weighted by Gasteiger charge is 2.55. The lowest BCUT2D eigenvalue weighted by atomic mass is 9.82. The fraction of sp³-hybridized carbons (Fsp3) is 0.400. The van der Waals surface area contributed by atoms with Crippen molar-refractivity contribution >= 4 is 23.5 Å². The molecule has 1 heterocycles. The Morgan fingerprint density at radius 3 is 2.52 bits per heavy atom. The molecular weight excluding hydrogens is 275 g/mol. The molecule has 4 amide bonds. The number of nitrogens with zero attached hydrogens (tertiary/aromatic N) is 1. The maximum absolute atomic E-state index is 14.0. The molecule has 5 nitrogen and oxygen atoms in total. The number of barbiturate groups is 1. The van der Waals surface area contributed by atoms with Gasteiger partial charge in [-0.15, -0.1) is 0 Å². The van der Waals surface area contributed by atoms with Gasteiger partial charge in [0.05, 0.1) is 5.69 Å². The lowest BCUT2D eigenvalue weighted by Crippen LogP contribution is -2.63. The predicted octanol–water partition coefficient (Wildman–Crippen LogP) is 2.28. The molecule has 1 aromatic rings. The van der Waals surface area contributed by atoms with Gasteiger partial charge >= 0.3 is 6.03 Å². The number of carbonyl (C=O) groups excluding carboxylic acids is 3. The molecule has 1 N–H and O–H groups in total. The Bertz CT molecular complexity index is 650. The highest BCUT2D eigenvalue weighted by molar-refractivity contribution is 6.30. The molecule has 110 valence electrons. The molecule has 6 heteroatoms. The average molecular weight is 290 g/mol. The van der Waals surface area contributed by atoms with Crippen LogP contribution in [0.1, 0.15) is 31.2 Å². The largest absolute Gasteiger partial charge is 0.335 e. The van der Waals surface area contributed by atoms with Gasteiger partial charge in [-0.3, -0.25) is 14.9 Å². The molecule has 0 radical (unpaired) electrons. The monoisotopic (exact) mass is 290 g/mol. The van der Waals surface area contributed by atoms with Crippen molar-refractivity contribution in [2.75, 3.05) is 4.90 Å². The Hall–Kier alpha value is -2.24. The van der Waals surface area contributed by atoms with Gasteiger partial charge in [0.15, 0.2) is 0 Å². The van der Waals surface area contributed by atoms with Crippen LogP contribution in [0.2, 0.25) is 0 Å². The van der Waals surface area contributed by atoms with Gasteiger partial charge in [0, 0.05) is 0 Å². The van der Waals surface area contributed by atoms with Gasteiger partial charge in [0.1, 0.15) is 11.2 Å². The van der Waals surface area contributed by atoms with E-state index >= 15 is 0 Å². The highest BCUT2D eigenvalue weighted by Crippen LogP contribution is 2.43. The van der Waals surface area contributed by atoms with E-state index in [0.29, 0.717) is 12.8 Å². The van der Waals surface area contributed by atoms with E-state index in [1.165, 1.54) is 12.1 Å². The molecule has 0 atom stereocenters. The molecule has 0 unspecified atom stereocenters. The van der Waals surface area contributed by atoms with Crippen LogP contribution in [-0.2, 0) is 9.59 Å². The van der Waals surface area contributed by atoms with Gasteiger partial charge in [-0.05, 0) is 37.5 Å². The van der Waals surface area contributed by atoms with Crippen LogP contribution in [0, 0.1) is 18.2 Å². The summed E-state index contributed by atoms with van der Waals surface area (Å²) in [7, 11) is 0. The number of urea groups is 1. The summed E-state index contributed by atoms with van der Waals surface area (Å²) in [5.74, 6) is -1.83. The second-order valence-corrected chi connectivity index (χ2v) is 5.64. The van der Waals surface area contributed by atoms with E-state index in [-0.39, 0.29) is 5.69 Å². The first kappa shape index (κ1) is 13.7. The third-order valence-corrected chi connectivity index (χ3v) is 4.27. The zero-order chi connectivity index (χ0) is 15.2. The topological polar surface area (TPSA) is 66.5 Å². The van der Waals surface area contributed by atoms with E-state index in [9.17, 15) is 18.8 Å². The van der Waals surface area contributed by atoms with Crippen LogP contribution in [-0.4, -0.2) is 17.8 Å². The fourth-order valence-electron chi connectivity index (χ4n) is 3.11. The summed E-state index contributed by atoms with van der Waals surface area (Å²) >= 11 is 0. The summed E-state index contributed by atoms with van der Waals surface area (Å²) in [6.07, 6.45) is 2.29. The number of anilines is 1. The minimum absolute atomic E-state index is 0.101. The molecule has 1 aliphatic carbocycles. The molecule has 1 saturated heterocycles. The van der Waals surface area contributed by atoms with E-state index in [2.05, 4.69) is 5.32 Å². The lowest BCUT2D eigenvalue weighted by molar-refractivity contribution is -0.142. The van der Waals surface area contributed by atoms with Crippen molar-refractivity contribution in [1.29, 1.82) is 0 Å². The van der Waals surface area contributed by atoms with Crippen molar-refractivity contribution in [3.8, 4) is 0 Å². The number of amides is 4. The van der Waals surface area contributed by atoms with Crippen LogP contribution in [0.5, 0.6) is 0 Å². The first-order chi connectivity index (χ1) is 9.95. The van der Waals surface area contributed by atoms with Crippen LogP contribution < -0.4 is 10.2 Å². The molecular formula is C15H15FN2O3. The molecule has 21 heavy (non-hydrogen) atoms. The summed E-state index contributed by atoms with van der Waals surface area (Å²) < 4.78 is 14.0. The van der Waals surface area contributed by atoms with E-state index in [4.69, 9.17) is 0 Å². The molecule has 3 rings (SSSR count). The van der Waals surface area contributed by atoms with Crippen molar-refractivity contribution in [2.45, 2.75) is 32.6 Å². The average Bonchev–Trinajstić information content (AvgIpc) is 2.92. The number of carbonyl (C=O) groups is 3. The zero-order valence-electron chi connectivity index (χ0n) is 11.6. The van der Waals surface area contributed by atoms with Gasteiger partial charge in [-0.2, -0.15) is 0 Å². The van der Waals surface area contributed by atoms with E-state index in [1.54, 1.807) is 13.0 Å². The standard InChI is InChI=1S/C15H15FN2O3/c1-9-4-5-10(16)11(8-9)18-13(20)15(6-2-3-7-15)12(19)17-14(18)21/h4-5,8H,2-3,6-7H2,1H3,(H,17,19,21). The van der Waals surface area contributed by atoms with Crippen LogP contribution in [0.3, 0.4) is 0 Å². The van der Waals surface area contributed by atoms with Gasteiger partial charge in [0.25, 0.3) is 5.91 Å². The summed E-state index contributed by atoms with van der Waals surface area (Å²) in [4.78, 5) is 37.6. The van der Waals surface area contributed by atoms with Crippen LogP contribution >= 0.6 is 0 Å².